The number of methoxy groups -OCH3 is 3. The summed E-state index contributed by atoms with van der Waals surface area (Å²) in [5, 5.41) is 10.2. The predicted octanol–water partition coefficient (Wildman–Crippen LogP) is 3.73. The maximum atomic E-state index is 15.4. The lowest BCUT2D eigenvalue weighted by Gasteiger charge is -2.47. The van der Waals surface area contributed by atoms with Crippen molar-refractivity contribution in [3.8, 4) is 17.2 Å². The van der Waals surface area contributed by atoms with Crippen molar-refractivity contribution in [1.29, 1.82) is 0 Å². The third-order valence-electron chi connectivity index (χ3n) is 8.45. The van der Waals surface area contributed by atoms with Crippen molar-refractivity contribution < 1.29 is 37.3 Å². The average molecular weight is 750 g/mol. The number of nitrogens with zero attached hydrogens (tertiary/aromatic N) is 3. The first-order valence-corrected chi connectivity index (χ1v) is 16.9. The van der Waals surface area contributed by atoms with E-state index in [-0.39, 0.29) is 28.8 Å². The van der Waals surface area contributed by atoms with Crippen LogP contribution in [0, 0.1) is 3.57 Å². The Hall–Kier alpha value is -3.40. The summed E-state index contributed by atoms with van der Waals surface area (Å²) in [5.41, 5.74) is -0.437. The van der Waals surface area contributed by atoms with Gasteiger partial charge in [-0.15, -0.1) is 0 Å². The molecule has 0 radical (unpaired) electrons. The lowest BCUT2D eigenvalue weighted by Crippen LogP contribution is -2.62. The van der Waals surface area contributed by atoms with E-state index in [9.17, 15) is 18.3 Å². The van der Waals surface area contributed by atoms with Crippen LogP contribution in [0.1, 0.15) is 36.0 Å². The Labute approximate surface area is 276 Å². The molecule has 1 fully saturated rings. The van der Waals surface area contributed by atoms with Crippen molar-refractivity contribution in [2.45, 2.75) is 42.3 Å². The molecule has 2 aliphatic rings. The van der Waals surface area contributed by atoms with Crippen LogP contribution in [0.25, 0.3) is 0 Å². The minimum Gasteiger partial charge on any atom is -0.497 e. The van der Waals surface area contributed by atoms with Crippen molar-refractivity contribution in [2.75, 3.05) is 46.3 Å². The molecule has 45 heavy (non-hydrogen) atoms. The summed E-state index contributed by atoms with van der Waals surface area (Å²) in [5.74, 6) is -0.293. The van der Waals surface area contributed by atoms with Crippen LogP contribution in [0.4, 0.5) is 5.69 Å². The molecule has 11 nitrogen and oxygen atoms in total. The molecule has 5 rings (SSSR count). The molecular weight excluding hydrogens is 713 g/mol. The Morgan fingerprint density at radius 1 is 0.978 bits per heavy atom. The number of benzene rings is 3. The zero-order valence-corrected chi connectivity index (χ0v) is 28.7. The number of likely N-dealkylation sites (tertiary alicyclic amines) is 1. The summed E-state index contributed by atoms with van der Waals surface area (Å²) < 4.78 is 47.5. The number of anilines is 1. The standard InChI is InChI=1S/C32H36IN3O8S/c1-34(2)30(38)26-8-6-7-15-35(26)32(24-16-20(19-37)9-13-27(24)43-4)23-17-21(33)10-12-25(23)36(31(32)39)45(40,41)29-14-11-22(42-3)18-28(29)44-5/h9-14,16-18,26,37H,6-8,15,19H2,1-5H3/t26-,32?/m0/s1. The highest BCUT2D eigenvalue weighted by atomic mass is 127. The first-order chi connectivity index (χ1) is 21.5. The van der Waals surface area contributed by atoms with E-state index in [2.05, 4.69) is 22.6 Å². The van der Waals surface area contributed by atoms with Crippen LogP contribution in [0.3, 0.4) is 0 Å². The van der Waals surface area contributed by atoms with E-state index in [0.29, 0.717) is 47.6 Å². The fourth-order valence-electron chi connectivity index (χ4n) is 6.39. The van der Waals surface area contributed by atoms with Gasteiger partial charge in [-0.2, -0.15) is 0 Å². The number of sulfonamides is 1. The van der Waals surface area contributed by atoms with Gasteiger partial charge in [0.2, 0.25) is 5.91 Å². The van der Waals surface area contributed by atoms with E-state index < -0.39 is 27.5 Å². The molecule has 1 N–H and O–H groups in total. The van der Waals surface area contributed by atoms with Gasteiger partial charge in [-0.25, -0.2) is 12.7 Å². The number of rotatable bonds is 9. The highest BCUT2D eigenvalue weighted by Crippen LogP contribution is 2.55. The molecule has 0 aromatic heterocycles. The van der Waals surface area contributed by atoms with Crippen LogP contribution >= 0.6 is 22.6 Å². The van der Waals surface area contributed by atoms with Crippen molar-refractivity contribution in [3.63, 3.8) is 0 Å². The quantitative estimate of drug-likeness (QED) is 0.326. The molecule has 13 heteroatoms. The highest BCUT2D eigenvalue weighted by Gasteiger charge is 2.62. The molecule has 2 amide bonds. The number of ether oxygens (including phenoxy) is 3. The minimum absolute atomic E-state index is 0.00482. The normalized spacial score (nSPS) is 20.1. The Morgan fingerprint density at radius 2 is 1.71 bits per heavy atom. The fourth-order valence-corrected chi connectivity index (χ4v) is 8.48. The van der Waals surface area contributed by atoms with Crippen LogP contribution < -0.4 is 18.5 Å². The summed E-state index contributed by atoms with van der Waals surface area (Å²) in [4.78, 5) is 32.3. The second-order valence-corrected chi connectivity index (χ2v) is 14.1. The van der Waals surface area contributed by atoms with Gasteiger partial charge in [0.05, 0.1) is 39.7 Å². The van der Waals surface area contributed by atoms with Gasteiger partial charge in [0.25, 0.3) is 15.9 Å². The summed E-state index contributed by atoms with van der Waals surface area (Å²) in [7, 11) is 2.99. The Balaban J connectivity index is 1.89. The zero-order valence-electron chi connectivity index (χ0n) is 25.7. The predicted molar refractivity (Wildman–Crippen MR) is 176 cm³/mol. The van der Waals surface area contributed by atoms with Gasteiger partial charge >= 0.3 is 0 Å². The molecule has 3 aromatic carbocycles. The molecular formula is C32H36IN3O8S. The number of hydrogen-bond acceptors (Lipinski definition) is 9. The SMILES string of the molecule is COc1ccc(S(=O)(=O)N2C(=O)C(c3cc(CO)ccc3OC)(N3CCCC[C@H]3C(=O)N(C)C)c3cc(I)ccc32)c(OC)c1. The minimum atomic E-state index is -4.60. The smallest absolute Gasteiger partial charge is 0.274 e. The number of carbonyl (C=O) groups excluding carboxylic acids is 2. The van der Waals surface area contributed by atoms with E-state index in [1.54, 1.807) is 50.5 Å². The fraction of sp³-hybridized carbons (Fsp3) is 0.375. The van der Waals surface area contributed by atoms with Crippen LogP contribution in [0.2, 0.25) is 0 Å². The molecule has 0 spiro atoms. The van der Waals surface area contributed by atoms with E-state index in [4.69, 9.17) is 14.2 Å². The largest absolute Gasteiger partial charge is 0.497 e. The van der Waals surface area contributed by atoms with Crippen molar-refractivity contribution in [3.05, 3.63) is 74.9 Å². The lowest BCUT2D eigenvalue weighted by molar-refractivity contribution is -0.142. The zero-order chi connectivity index (χ0) is 32.7. The number of amides is 2. The number of aliphatic hydroxyl groups excluding tert-OH is 1. The van der Waals surface area contributed by atoms with Crippen LogP contribution in [-0.2, 0) is 31.8 Å². The molecule has 0 saturated carbocycles. The maximum absolute atomic E-state index is 15.4. The number of hydrogen-bond donors (Lipinski definition) is 1. The Kier molecular flexibility index (Phi) is 9.36. The number of aliphatic hydroxyl groups is 1. The Morgan fingerprint density at radius 3 is 2.36 bits per heavy atom. The average Bonchev–Trinajstić information content (AvgIpc) is 3.31. The van der Waals surface area contributed by atoms with Gasteiger partial charge in [-0.1, -0.05) is 12.5 Å². The third-order valence-corrected chi connectivity index (χ3v) is 10.9. The molecule has 240 valence electrons. The van der Waals surface area contributed by atoms with Crippen LogP contribution in [0.15, 0.2) is 59.5 Å². The summed E-state index contributed by atoms with van der Waals surface area (Å²) in [6, 6.07) is 13.7. The number of piperidine rings is 1. The van der Waals surface area contributed by atoms with E-state index in [1.165, 1.54) is 44.4 Å². The molecule has 0 bridgehead atoms. The first kappa shape index (κ1) is 33.0. The number of carbonyl (C=O) groups is 2. The van der Waals surface area contributed by atoms with Crippen LogP contribution in [0.5, 0.6) is 17.2 Å². The maximum Gasteiger partial charge on any atom is 0.274 e. The topological polar surface area (TPSA) is 126 Å². The number of likely N-dealkylation sites (N-methyl/N-ethyl adjacent to an activating group) is 1. The van der Waals surface area contributed by atoms with E-state index >= 15 is 4.79 Å². The molecule has 3 aromatic rings. The second-order valence-electron chi connectivity index (χ2n) is 11.1. The monoisotopic (exact) mass is 749 g/mol. The molecule has 2 aliphatic heterocycles. The van der Waals surface area contributed by atoms with E-state index in [1.807, 2.05) is 4.90 Å². The van der Waals surface area contributed by atoms with Crippen molar-refractivity contribution in [2.24, 2.45) is 0 Å². The Bertz CT molecular complexity index is 1750. The third kappa shape index (κ3) is 5.32. The highest BCUT2D eigenvalue weighted by molar-refractivity contribution is 14.1. The molecule has 2 heterocycles. The second kappa shape index (κ2) is 12.8. The molecule has 1 unspecified atom stereocenters. The molecule has 1 saturated heterocycles. The van der Waals surface area contributed by atoms with Gasteiger partial charge in [0.15, 0.2) is 5.54 Å². The van der Waals surface area contributed by atoms with Crippen molar-refractivity contribution >= 4 is 50.1 Å². The van der Waals surface area contributed by atoms with Gasteiger partial charge in [0, 0.05) is 41.4 Å². The summed E-state index contributed by atoms with van der Waals surface area (Å²) in [6.45, 7) is -0.00128. The van der Waals surface area contributed by atoms with Crippen LogP contribution in [-0.4, -0.2) is 83.1 Å². The van der Waals surface area contributed by atoms with Gasteiger partial charge in [-0.3, -0.25) is 14.5 Å². The number of halogens is 1. The summed E-state index contributed by atoms with van der Waals surface area (Å²) in [6.07, 6.45) is 1.89. The number of fused-ring (bicyclic) bond motifs is 1. The molecule has 2 atom stereocenters. The lowest BCUT2D eigenvalue weighted by atomic mass is 9.78. The van der Waals surface area contributed by atoms with Gasteiger partial charge in [-0.05, 0) is 83.5 Å². The van der Waals surface area contributed by atoms with Gasteiger partial charge < -0.3 is 24.2 Å². The first-order valence-electron chi connectivity index (χ1n) is 14.3. The molecule has 0 aliphatic carbocycles. The van der Waals surface area contributed by atoms with Gasteiger partial charge in [0.1, 0.15) is 22.1 Å². The van der Waals surface area contributed by atoms with Crippen molar-refractivity contribution in [1.82, 2.24) is 9.80 Å². The summed E-state index contributed by atoms with van der Waals surface area (Å²) >= 11 is 2.13. The van der Waals surface area contributed by atoms with E-state index in [0.717, 1.165) is 14.3 Å².